The summed E-state index contributed by atoms with van der Waals surface area (Å²) in [6.07, 6.45) is 2.95. The van der Waals surface area contributed by atoms with E-state index in [-0.39, 0.29) is 18.8 Å². The molecule has 1 fully saturated rings. The lowest BCUT2D eigenvalue weighted by Gasteiger charge is -2.11. The number of nitrogens with one attached hydrogen (secondary N) is 2. The average molecular weight is 278 g/mol. The monoisotopic (exact) mass is 278 g/mol. The molecule has 1 aliphatic heterocycles. The number of hydrogen-bond donors (Lipinski definition) is 2. The number of sulfonamides is 1. The molecule has 0 aromatic rings. The van der Waals surface area contributed by atoms with Crippen molar-refractivity contribution < 1.29 is 17.9 Å². The highest BCUT2D eigenvalue weighted by Gasteiger charge is 2.16. The van der Waals surface area contributed by atoms with E-state index >= 15 is 0 Å². The van der Waals surface area contributed by atoms with Gasteiger partial charge >= 0.3 is 5.97 Å². The van der Waals surface area contributed by atoms with Gasteiger partial charge in [0.1, 0.15) is 0 Å². The molecule has 1 atom stereocenters. The van der Waals surface area contributed by atoms with E-state index in [1.807, 2.05) is 0 Å². The molecule has 18 heavy (non-hydrogen) atoms. The van der Waals surface area contributed by atoms with Gasteiger partial charge in [-0.1, -0.05) is 0 Å². The molecule has 0 spiro atoms. The van der Waals surface area contributed by atoms with E-state index in [9.17, 15) is 13.2 Å². The van der Waals surface area contributed by atoms with Crippen LogP contribution in [0.1, 0.15) is 32.6 Å². The molecular formula is C11H22N2O4S. The Morgan fingerprint density at radius 1 is 1.50 bits per heavy atom. The highest BCUT2D eigenvalue weighted by Crippen LogP contribution is 2.07. The van der Waals surface area contributed by atoms with Gasteiger partial charge in [0.25, 0.3) is 0 Å². The molecule has 0 bridgehead atoms. The first-order valence-corrected chi connectivity index (χ1v) is 8.05. The molecule has 0 aromatic carbocycles. The largest absolute Gasteiger partial charge is 0.466 e. The first kappa shape index (κ1) is 15.4. The first-order chi connectivity index (χ1) is 8.53. The zero-order valence-corrected chi connectivity index (χ0v) is 11.6. The van der Waals surface area contributed by atoms with Crippen LogP contribution in [0, 0.1) is 0 Å². The smallest absolute Gasteiger partial charge is 0.306 e. The fourth-order valence-electron chi connectivity index (χ4n) is 1.91. The maximum Gasteiger partial charge on any atom is 0.306 e. The highest BCUT2D eigenvalue weighted by atomic mass is 32.2. The zero-order valence-electron chi connectivity index (χ0n) is 10.8. The summed E-state index contributed by atoms with van der Waals surface area (Å²) >= 11 is 0. The summed E-state index contributed by atoms with van der Waals surface area (Å²) in [4.78, 5) is 11.0. The number of rotatable bonds is 8. The van der Waals surface area contributed by atoms with Crippen LogP contribution in [0.25, 0.3) is 0 Å². The Hall–Kier alpha value is -0.660. The van der Waals surface area contributed by atoms with Gasteiger partial charge in [0.2, 0.25) is 10.0 Å². The van der Waals surface area contributed by atoms with Gasteiger partial charge in [-0.3, -0.25) is 4.79 Å². The highest BCUT2D eigenvalue weighted by molar-refractivity contribution is 7.89. The van der Waals surface area contributed by atoms with Crippen molar-refractivity contribution in [3.63, 3.8) is 0 Å². The molecule has 1 saturated heterocycles. The lowest BCUT2D eigenvalue weighted by Crippen LogP contribution is -2.32. The molecule has 1 heterocycles. The van der Waals surface area contributed by atoms with Crippen LogP contribution in [0.4, 0.5) is 0 Å². The van der Waals surface area contributed by atoms with Crippen LogP contribution >= 0.6 is 0 Å². The normalized spacial score (nSPS) is 19.9. The average Bonchev–Trinajstić information content (AvgIpc) is 2.80. The summed E-state index contributed by atoms with van der Waals surface area (Å²) in [7, 11) is -3.37. The van der Waals surface area contributed by atoms with Gasteiger partial charge < -0.3 is 10.1 Å². The van der Waals surface area contributed by atoms with Crippen LogP contribution in [-0.4, -0.2) is 45.9 Å². The minimum Gasteiger partial charge on any atom is -0.466 e. The third kappa shape index (κ3) is 6.32. The fraction of sp³-hybridized carbons (Fsp3) is 0.909. The topological polar surface area (TPSA) is 84.5 Å². The molecule has 2 N–H and O–H groups in total. The van der Waals surface area contributed by atoms with Crippen molar-refractivity contribution in [2.24, 2.45) is 0 Å². The number of carbonyl (C=O) groups is 1. The first-order valence-electron chi connectivity index (χ1n) is 6.40. The minimum atomic E-state index is -3.37. The number of ether oxygens (including phenoxy) is 1. The predicted molar refractivity (Wildman–Crippen MR) is 68.7 cm³/mol. The van der Waals surface area contributed by atoms with Crippen molar-refractivity contribution in [2.75, 3.05) is 25.4 Å². The van der Waals surface area contributed by atoms with E-state index in [1.165, 1.54) is 0 Å². The van der Waals surface area contributed by atoms with Crippen molar-refractivity contribution >= 4 is 16.0 Å². The molecule has 106 valence electrons. The number of carbonyl (C=O) groups excluding carboxylic acids is 1. The third-order valence-electron chi connectivity index (χ3n) is 2.86. The van der Waals surface area contributed by atoms with Crippen LogP contribution in [0.15, 0.2) is 0 Å². The van der Waals surface area contributed by atoms with Crippen molar-refractivity contribution in [1.29, 1.82) is 0 Å². The molecule has 0 aliphatic carbocycles. The van der Waals surface area contributed by atoms with Crippen LogP contribution in [0.2, 0.25) is 0 Å². The minimum absolute atomic E-state index is 0.0924. The zero-order chi connectivity index (χ0) is 13.4. The molecule has 0 saturated carbocycles. The van der Waals surface area contributed by atoms with Crippen molar-refractivity contribution in [3.05, 3.63) is 0 Å². The Kier molecular flexibility index (Phi) is 6.59. The van der Waals surface area contributed by atoms with E-state index in [2.05, 4.69) is 14.8 Å². The summed E-state index contributed by atoms with van der Waals surface area (Å²) in [6.45, 7) is 3.40. The standard InChI is InChI=1S/C11H22N2O4S/c1-2-17-11(14)6-9-18(15,16)13-8-5-10-4-3-7-12-10/h10,12-13H,2-9H2,1H3. The lowest BCUT2D eigenvalue weighted by molar-refractivity contribution is -0.142. The van der Waals surface area contributed by atoms with Crippen LogP contribution in [0.3, 0.4) is 0 Å². The third-order valence-corrected chi connectivity index (χ3v) is 4.24. The van der Waals surface area contributed by atoms with Gasteiger partial charge in [0.05, 0.1) is 18.8 Å². The second-order valence-corrected chi connectivity index (χ2v) is 6.28. The second-order valence-electron chi connectivity index (χ2n) is 4.35. The maximum atomic E-state index is 11.6. The van der Waals surface area contributed by atoms with Gasteiger partial charge in [-0.25, -0.2) is 13.1 Å². The Labute approximate surface area is 109 Å². The van der Waals surface area contributed by atoms with Gasteiger partial charge in [-0.05, 0) is 32.7 Å². The van der Waals surface area contributed by atoms with Gasteiger partial charge in [-0.15, -0.1) is 0 Å². The molecule has 1 rings (SSSR count). The van der Waals surface area contributed by atoms with E-state index in [0.717, 1.165) is 25.8 Å². The lowest BCUT2D eigenvalue weighted by atomic mass is 10.2. The number of hydrogen-bond acceptors (Lipinski definition) is 5. The van der Waals surface area contributed by atoms with E-state index in [1.54, 1.807) is 6.92 Å². The van der Waals surface area contributed by atoms with Crippen LogP contribution in [0.5, 0.6) is 0 Å². The van der Waals surface area contributed by atoms with Gasteiger partial charge in [0.15, 0.2) is 0 Å². The van der Waals surface area contributed by atoms with Gasteiger partial charge in [0, 0.05) is 12.6 Å². The summed E-state index contributed by atoms with van der Waals surface area (Å²) in [5.41, 5.74) is 0. The second kappa shape index (κ2) is 7.70. The quantitative estimate of drug-likeness (QED) is 0.611. The summed E-state index contributed by atoms with van der Waals surface area (Å²) < 4.78 is 30.3. The molecule has 6 nitrogen and oxygen atoms in total. The van der Waals surface area contributed by atoms with Crippen LogP contribution in [-0.2, 0) is 19.6 Å². The van der Waals surface area contributed by atoms with E-state index in [0.29, 0.717) is 12.6 Å². The summed E-state index contributed by atoms with van der Waals surface area (Å²) in [5.74, 6) is -0.676. The van der Waals surface area contributed by atoms with Crippen molar-refractivity contribution in [3.8, 4) is 0 Å². The molecule has 1 aliphatic rings. The molecule has 7 heteroatoms. The fourth-order valence-corrected chi connectivity index (χ4v) is 2.92. The van der Waals surface area contributed by atoms with Crippen molar-refractivity contribution in [2.45, 2.75) is 38.6 Å². The van der Waals surface area contributed by atoms with E-state index in [4.69, 9.17) is 0 Å². The Morgan fingerprint density at radius 3 is 2.89 bits per heavy atom. The molecular weight excluding hydrogens is 256 g/mol. The van der Waals surface area contributed by atoms with Gasteiger partial charge in [-0.2, -0.15) is 0 Å². The predicted octanol–water partition coefficient (Wildman–Crippen LogP) is 0.00110. The molecule has 0 aromatic heterocycles. The maximum absolute atomic E-state index is 11.6. The molecule has 1 unspecified atom stereocenters. The molecule has 0 amide bonds. The Morgan fingerprint density at radius 2 is 2.28 bits per heavy atom. The Bertz CT molecular complexity index is 350. The number of esters is 1. The summed E-state index contributed by atoms with van der Waals surface area (Å²) in [6, 6.07) is 0.415. The molecule has 0 radical (unpaired) electrons. The van der Waals surface area contributed by atoms with E-state index < -0.39 is 16.0 Å². The SMILES string of the molecule is CCOC(=O)CCS(=O)(=O)NCCC1CCCN1. The van der Waals surface area contributed by atoms with Crippen molar-refractivity contribution in [1.82, 2.24) is 10.0 Å². The summed E-state index contributed by atoms with van der Waals surface area (Å²) in [5, 5.41) is 3.30. The van der Waals surface area contributed by atoms with Crippen LogP contribution < -0.4 is 10.0 Å². The Balaban J connectivity index is 2.16.